The molecule has 1 atom stereocenters. The van der Waals surface area contributed by atoms with E-state index in [0.29, 0.717) is 17.9 Å². The van der Waals surface area contributed by atoms with Crippen molar-refractivity contribution in [3.05, 3.63) is 33.7 Å². The van der Waals surface area contributed by atoms with Crippen LogP contribution in [0.3, 0.4) is 0 Å². The predicted molar refractivity (Wildman–Crippen MR) is 77.3 cm³/mol. The van der Waals surface area contributed by atoms with E-state index in [4.69, 9.17) is 4.74 Å². The Bertz CT molecular complexity index is 523. The molecule has 2 rings (SSSR count). The lowest BCUT2D eigenvalue weighted by molar-refractivity contribution is -0.139. The van der Waals surface area contributed by atoms with Gasteiger partial charge in [0.1, 0.15) is 0 Å². The molecular weight excluding hydrogens is 276 g/mol. The van der Waals surface area contributed by atoms with E-state index in [9.17, 15) is 9.59 Å². The van der Waals surface area contributed by atoms with Gasteiger partial charge in [0.2, 0.25) is 0 Å². The highest BCUT2D eigenvalue weighted by Gasteiger charge is 2.32. The number of hydrogen-bond donors (Lipinski definition) is 2. The van der Waals surface area contributed by atoms with Crippen LogP contribution in [0.2, 0.25) is 0 Å². The van der Waals surface area contributed by atoms with Crippen LogP contribution in [0, 0.1) is 0 Å². The second-order valence-electron chi connectivity index (χ2n) is 4.62. The quantitative estimate of drug-likeness (QED) is 0.648. The van der Waals surface area contributed by atoms with Crippen LogP contribution >= 0.6 is 11.3 Å². The second-order valence-corrected chi connectivity index (χ2v) is 5.40. The van der Waals surface area contributed by atoms with E-state index in [1.165, 1.54) is 11.3 Å². The summed E-state index contributed by atoms with van der Waals surface area (Å²) < 4.78 is 5.27. The highest BCUT2D eigenvalue weighted by atomic mass is 32.1. The van der Waals surface area contributed by atoms with Crippen LogP contribution in [-0.4, -0.2) is 18.6 Å². The van der Waals surface area contributed by atoms with Gasteiger partial charge >= 0.3 is 12.0 Å². The fraction of sp³-hybridized carbons (Fsp3) is 0.429. The molecule has 1 aromatic heterocycles. The Morgan fingerprint density at radius 2 is 2.30 bits per heavy atom. The summed E-state index contributed by atoms with van der Waals surface area (Å²) in [6.07, 6.45) is 1.80. The summed E-state index contributed by atoms with van der Waals surface area (Å²) in [4.78, 5) is 23.8. The van der Waals surface area contributed by atoms with Gasteiger partial charge in [0, 0.05) is 5.70 Å². The molecule has 20 heavy (non-hydrogen) atoms. The van der Waals surface area contributed by atoms with Crippen LogP contribution in [0.4, 0.5) is 4.79 Å². The standard InChI is InChI=1S/C14H18N2O3S/c1-3-4-6-19-13(17)11-9(2)15-14(18)16-12(11)10-5-7-20-8-10/h5,7-8,12H,3-4,6H2,1-2H3,(H2,15,16,18)/t12-/m1/s1. The summed E-state index contributed by atoms with van der Waals surface area (Å²) in [6.45, 7) is 4.15. The van der Waals surface area contributed by atoms with E-state index in [0.717, 1.165) is 18.4 Å². The van der Waals surface area contributed by atoms with Crippen LogP contribution in [0.1, 0.15) is 38.3 Å². The minimum atomic E-state index is -0.441. The molecule has 2 amide bonds. The first-order valence-corrected chi connectivity index (χ1v) is 7.55. The maximum atomic E-state index is 12.2. The Balaban J connectivity index is 2.22. The van der Waals surface area contributed by atoms with Crippen molar-refractivity contribution in [2.24, 2.45) is 0 Å². The molecule has 0 fully saturated rings. The van der Waals surface area contributed by atoms with Crippen molar-refractivity contribution in [1.82, 2.24) is 10.6 Å². The number of hydrogen-bond acceptors (Lipinski definition) is 4. The second kappa shape index (κ2) is 6.56. The van der Waals surface area contributed by atoms with Crippen molar-refractivity contribution < 1.29 is 14.3 Å². The minimum absolute atomic E-state index is 0.302. The lowest BCUT2D eigenvalue weighted by atomic mass is 9.98. The molecule has 5 nitrogen and oxygen atoms in total. The Kier molecular flexibility index (Phi) is 4.79. The molecule has 0 saturated carbocycles. The predicted octanol–water partition coefficient (Wildman–Crippen LogP) is 2.72. The molecule has 1 aliphatic heterocycles. The number of rotatable bonds is 5. The van der Waals surface area contributed by atoms with Gasteiger partial charge in [-0.05, 0) is 35.7 Å². The van der Waals surface area contributed by atoms with E-state index in [2.05, 4.69) is 10.6 Å². The molecule has 0 bridgehead atoms. The van der Waals surface area contributed by atoms with Crippen molar-refractivity contribution in [2.75, 3.05) is 6.61 Å². The van der Waals surface area contributed by atoms with Crippen molar-refractivity contribution in [3.63, 3.8) is 0 Å². The summed E-state index contributed by atoms with van der Waals surface area (Å²) >= 11 is 1.52. The number of carbonyl (C=O) groups is 2. The van der Waals surface area contributed by atoms with Gasteiger partial charge in [-0.15, -0.1) is 0 Å². The molecular formula is C14H18N2O3S. The number of unbranched alkanes of at least 4 members (excludes halogenated alkanes) is 1. The van der Waals surface area contributed by atoms with E-state index in [1.807, 2.05) is 23.8 Å². The molecule has 2 N–H and O–H groups in total. The van der Waals surface area contributed by atoms with Crippen molar-refractivity contribution in [3.8, 4) is 0 Å². The monoisotopic (exact) mass is 294 g/mol. The van der Waals surface area contributed by atoms with Gasteiger partial charge in [0.25, 0.3) is 0 Å². The number of amides is 2. The van der Waals surface area contributed by atoms with Crippen molar-refractivity contribution in [1.29, 1.82) is 0 Å². The van der Waals surface area contributed by atoms with Gasteiger partial charge in [0.05, 0.1) is 18.2 Å². The fourth-order valence-electron chi connectivity index (χ4n) is 2.04. The molecule has 0 spiro atoms. The van der Waals surface area contributed by atoms with E-state index < -0.39 is 6.04 Å². The third kappa shape index (κ3) is 3.19. The van der Waals surface area contributed by atoms with Crippen LogP contribution in [-0.2, 0) is 9.53 Å². The SMILES string of the molecule is CCCCOC(=O)C1=C(C)NC(=O)N[C@@H]1c1ccsc1. The normalized spacial score (nSPS) is 18.5. The maximum Gasteiger partial charge on any atom is 0.338 e. The van der Waals surface area contributed by atoms with Gasteiger partial charge in [-0.1, -0.05) is 13.3 Å². The Morgan fingerprint density at radius 3 is 2.95 bits per heavy atom. The highest BCUT2D eigenvalue weighted by Crippen LogP contribution is 2.28. The number of thiophene rings is 1. The molecule has 108 valence electrons. The Labute approximate surface area is 122 Å². The zero-order valence-corrected chi connectivity index (χ0v) is 12.4. The number of nitrogens with one attached hydrogen (secondary N) is 2. The smallest absolute Gasteiger partial charge is 0.338 e. The topological polar surface area (TPSA) is 67.4 Å². The number of ether oxygens (including phenoxy) is 1. The van der Waals surface area contributed by atoms with Gasteiger partial charge in [0.15, 0.2) is 0 Å². The number of carbonyl (C=O) groups excluding carboxylic acids is 2. The first-order valence-electron chi connectivity index (χ1n) is 6.61. The zero-order chi connectivity index (χ0) is 14.5. The maximum absolute atomic E-state index is 12.2. The van der Waals surface area contributed by atoms with Crippen LogP contribution < -0.4 is 10.6 Å². The van der Waals surface area contributed by atoms with E-state index >= 15 is 0 Å². The average Bonchev–Trinajstić information content (AvgIpc) is 2.91. The molecule has 0 aliphatic carbocycles. The summed E-state index contributed by atoms with van der Waals surface area (Å²) in [5.74, 6) is -0.375. The van der Waals surface area contributed by atoms with Gasteiger partial charge in [-0.3, -0.25) is 0 Å². The largest absolute Gasteiger partial charge is 0.462 e. The fourth-order valence-corrected chi connectivity index (χ4v) is 2.73. The molecule has 0 aromatic carbocycles. The lowest BCUT2D eigenvalue weighted by Crippen LogP contribution is -2.45. The minimum Gasteiger partial charge on any atom is -0.462 e. The highest BCUT2D eigenvalue weighted by molar-refractivity contribution is 7.08. The van der Waals surface area contributed by atoms with Crippen LogP contribution in [0.15, 0.2) is 28.1 Å². The van der Waals surface area contributed by atoms with Crippen LogP contribution in [0.5, 0.6) is 0 Å². The number of allylic oxidation sites excluding steroid dienone is 1. The molecule has 0 saturated heterocycles. The molecule has 6 heteroatoms. The van der Waals surface area contributed by atoms with Gasteiger partial charge in [-0.25, -0.2) is 9.59 Å². The first kappa shape index (κ1) is 14.6. The lowest BCUT2D eigenvalue weighted by Gasteiger charge is -2.27. The van der Waals surface area contributed by atoms with E-state index in [1.54, 1.807) is 6.92 Å². The zero-order valence-electron chi connectivity index (χ0n) is 11.6. The molecule has 1 aliphatic rings. The molecule has 1 aromatic rings. The van der Waals surface area contributed by atoms with Gasteiger partial charge in [-0.2, -0.15) is 11.3 Å². The Morgan fingerprint density at radius 1 is 1.50 bits per heavy atom. The molecule has 0 unspecified atom stereocenters. The van der Waals surface area contributed by atoms with Crippen LogP contribution in [0.25, 0.3) is 0 Å². The molecule has 0 radical (unpaired) electrons. The summed E-state index contributed by atoms with van der Waals surface area (Å²) in [5.41, 5.74) is 1.91. The van der Waals surface area contributed by atoms with Gasteiger partial charge < -0.3 is 15.4 Å². The van der Waals surface area contributed by atoms with Crippen molar-refractivity contribution in [2.45, 2.75) is 32.7 Å². The summed E-state index contributed by atoms with van der Waals surface area (Å²) in [6, 6.07) is 1.15. The number of esters is 1. The summed E-state index contributed by atoms with van der Waals surface area (Å²) in [7, 11) is 0. The Hall–Kier alpha value is -1.82. The number of urea groups is 1. The third-order valence-corrected chi connectivity index (χ3v) is 3.80. The van der Waals surface area contributed by atoms with E-state index in [-0.39, 0.29) is 12.0 Å². The molecule has 2 heterocycles. The average molecular weight is 294 g/mol. The summed E-state index contributed by atoms with van der Waals surface area (Å²) in [5, 5.41) is 9.23. The third-order valence-electron chi connectivity index (χ3n) is 3.10. The van der Waals surface area contributed by atoms with Crippen molar-refractivity contribution >= 4 is 23.3 Å². The first-order chi connectivity index (χ1) is 9.63.